The Morgan fingerprint density at radius 2 is 2.16 bits per heavy atom. The first-order valence-electron chi connectivity index (χ1n) is 7.20. The lowest BCUT2D eigenvalue weighted by Gasteiger charge is -2.34. The summed E-state index contributed by atoms with van der Waals surface area (Å²) in [4.78, 5) is 18.8. The number of anilines is 1. The summed E-state index contributed by atoms with van der Waals surface area (Å²) in [7, 11) is 1.84. The molecule has 1 heterocycles. The molecular weight excluding hydrogens is 238 g/mol. The maximum absolute atomic E-state index is 12.7. The number of hydrogen-bond donors (Lipinski definition) is 1. The van der Waals surface area contributed by atoms with Gasteiger partial charge in [0.05, 0.1) is 5.56 Å². The van der Waals surface area contributed by atoms with Crippen molar-refractivity contribution < 1.29 is 4.79 Å². The molecule has 0 spiro atoms. The molecular formula is C15H23N3O. The average Bonchev–Trinajstić information content (AvgIpc) is 2.49. The van der Waals surface area contributed by atoms with Crippen molar-refractivity contribution in [2.45, 2.75) is 45.1 Å². The highest BCUT2D eigenvalue weighted by atomic mass is 16.2. The molecule has 1 saturated carbocycles. The molecule has 1 aliphatic carbocycles. The third kappa shape index (κ3) is 3.06. The highest BCUT2D eigenvalue weighted by Crippen LogP contribution is 2.25. The van der Waals surface area contributed by atoms with Crippen LogP contribution in [0, 0.1) is 0 Å². The molecule has 1 aromatic rings. The van der Waals surface area contributed by atoms with Crippen molar-refractivity contribution in [1.29, 1.82) is 0 Å². The summed E-state index contributed by atoms with van der Waals surface area (Å²) in [5.41, 5.74) is 1.53. The van der Waals surface area contributed by atoms with Crippen molar-refractivity contribution in [3.05, 3.63) is 24.0 Å². The van der Waals surface area contributed by atoms with Crippen molar-refractivity contribution in [3.63, 3.8) is 0 Å². The third-order valence-electron chi connectivity index (χ3n) is 3.94. The van der Waals surface area contributed by atoms with Gasteiger partial charge in [-0.3, -0.25) is 9.78 Å². The second-order valence-corrected chi connectivity index (χ2v) is 5.05. The number of nitrogens with zero attached hydrogens (tertiary/aromatic N) is 2. The van der Waals surface area contributed by atoms with Crippen LogP contribution >= 0.6 is 0 Å². The van der Waals surface area contributed by atoms with Gasteiger partial charge in [-0.05, 0) is 25.8 Å². The van der Waals surface area contributed by atoms with E-state index in [1.165, 1.54) is 19.3 Å². The standard InChI is InChI=1S/C15H23N3O/c1-3-18(12-7-5-4-6-8-12)15(19)13-11-17-10-9-14(13)16-2/h9-12H,3-8H2,1-2H3,(H,16,17). The molecule has 0 atom stereocenters. The summed E-state index contributed by atoms with van der Waals surface area (Å²) >= 11 is 0. The van der Waals surface area contributed by atoms with E-state index in [-0.39, 0.29) is 5.91 Å². The summed E-state index contributed by atoms with van der Waals surface area (Å²) in [5, 5.41) is 3.07. The molecule has 0 aliphatic heterocycles. The second-order valence-electron chi connectivity index (χ2n) is 5.05. The summed E-state index contributed by atoms with van der Waals surface area (Å²) in [6.45, 7) is 2.82. The lowest BCUT2D eigenvalue weighted by Crippen LogP contribution is -2.41. The Kier molecular flexibility index (Phi) is 4.77. The number of hydrogen-bond acceptors (Lipinski definition) is 3. The molecule has 1 aromatic heterocycles. The molecule has 0 radical (unpaired) electrons. The van der Waals surface area contributed by atoms with Crippen LogP contribution in [0.2, 0.25) is 0 Å². The van der Waals surface area contributed by atoms with Crippen LogP contribution in [0.1, 0.15) is 49.4 Å². The molecule has 0 aromatic carbocycles. The predicted molar refractivity (Wildman–Crippen MR) is 77.4 cm³/mol. The lowest BCUT2D eigenvalue weighted by atomic mass is 9.93. The van der Waals surface area contributed by atoms with Crippen LogP contribution < -0.4 is 5.32 Å². The fourth-order valence-corrected chi connectivity index (χ4v) is 2.90. The largest absolute Gasteiger partial charge is 0.387 e. The maximum Gasteiger partial charge on any atom is 0.257 e. The molecule has 1 aliphatic rings. The normalized spacial score (nSPS) is 16.1. The van der Waals surface area contributed by atoms with Gasteiger partial charge in [-0.1, -0.05) is 19.3 Å². The van der Waals surface area contributed by atoms with E-state index < -0.39 is 0 Å². The Hall–Kier alpha value is -1.58. The zero-order valence-corrected chi connectivity index (χ0v) is 11.9. The Morgan fingerprint density at radius 3 is 2.79 bits per heavy atom. The number of pyridine rings is 1. The van der Waals surface area contributed by atoms with E-state index in [0.29, 0.717) is 11.6 Å². The Bertz CT molecular complexity index is 427. The first kappa shape index (κ1) is 13.8. The van der Waals surface area contributed by atoms with Gasteiger partial charge in [-0.15, -0.1) is 0 Å². The van der Waals surface area contributed by atoms with Gasteiger partial charge in [0.25, 0.3) is 5.91 Å². The quantitative estimate of drug-likeness (QED) is 0.906. The minimum absolute atomic E-state index is 0.104. The molecule has 2 rings (SSSR count). The van der Waals surface area contributed by atoms with Gasteiger partial charge >= 0.3 is 0 Å². The predicted octanol–water partition coefficient (Wildman–Crippen LogP) is 2.92. The molecule has 0 unspecified atom stereocenters. The molecule has 4 nitrogen and oxygen atoms in total. The minimum atomic E-state index is 0.104. The fraction of sp³-hybridized carbons (Fsp3) is 0.600. The molecule has 4 heteroatoms. The van der Waals surface area contributed by atoms with Crippen LogP contribution in [0.25, 0.3) is 0 Å². The van der Waals surface area contributed by atoms with E-state index in [4.69, 9.17) is 0 Å². The van der Waals surface area contributed by atoms with Crippen LogP contribution in [-0.2, 0) is 0 Å². The maximum atomic E-state index is 12.7. The van der Waals surface area contributed by atoms with E-state index in [9.17, 15) is 4.79 Å². The topological polar surface area (TPSA) is 45.2 Å². The second kappa shape index (κ2) is 6.55. The first-order valence-corrected chi connectivity index (χ1v) is 7.20. The molecule has 1 fully saturated rings. The summed E-state index contributed by atoms with van der Waals surface area (Å²) in [5.74, 6) is 0.104. The summed E-state index contributed by atoms with van der Waals surface area (Å²) in [6.07, 6.45) is 9.42. The van der Waals surface area contributed by atoms with Crippen LogP contribution in [0.15, 0.2) is 18.5 Å². The van der Waals surface area contributed by atoms with Gasteiger partial charge in [0.15, 0.2) is 0 Å². The number of aromatic nitrogens is 1. The van der Waals surface area contributed by atoms with Crippen molar-refractivity contribution in [2.24, 2.45) is 0 Å². The minimum Gasteiger partial charge on any atom is -0.387 e. The molecule has 104 valence electrons. The number of carbonyl (C=O) groups excluding carboxylic acids is 1. The van der Waals surface area contributed by atoms with Gasteiger partial charge in [0, 0.05) is 37.7 Å². The lowest BCUT2D eigenvalue weighted by molar-refractivity contribution is 0.0648. The van der Waals surface area contributed by atoms with E-state index >= 15 is 0 Å². The number of nitrogens with one attached hydrogen (secondary N) is 1. The van der Waals surface area contributed by atoms with Crippen LogP contribution in [0.5, 0.6) is 0 Å². The summed E-state index contributed by atoms with van der Waals surface area (Å²) < 4.78 is 0. The zero-order chi connectivity index (χ0) is 13.7. The monoisotopic (exact) mass is 261 g/mol. The van der Waals surface area contributed by atoms with Crippen molar-refractivity contribution >= 4 is 11.6 Å². The van der Waals surface area contributed by atoms with Gasteiger partial charge in [0.1, 0.15) is 0 Å². The van der Waals surface area contributed by atoms with Crippen LogP contribution in [0.4, 0.5) is 5.69 Å². The van der Waals surface area contributed by atoms with Gasteiger partial charge in [-0.2, -0.15) is 0 Å². The van der Waals surface area contributed by atoms with E-state index in [2.05, 4.69) is 17.2 Å². The van der Waals surface area contributed by atoms with Crippen molar-refractivity contribution in [2.75, 3.05) is 18.9 Å². The highest BCUT2D eigenvalue weighted by Gasteiger charge is 2.26. The molecule has 0 saturated heterocycles. The Balaban J connectivity index is 2.19. The van der Waals surface area contributed by atoms with E-state index in [1.807, 2.05) is 18.0 Å². The number of amides is 1. The van der Waals surface area contributed by atoms with Gasteiger partial charge < -0.3 is 10.2 Å². The van der Waals surface area contributed by atoms with Crippen molar-refractivity contribution in [3.8, 4) is 0 Å². The first-order chi connectivity index (χ1) is 9.27. The van der Waals surface area contributed by atoms with Gasteiger partial charge in [0.2, 0.25) is 0 Å². The number of carbonyl (C=O) groups is 1. The molecule has 1 N–H and O–H groups in total. The zero-order valence-electron chi connectivity index (χ0n) is 11.9. The van der Waals surface area contributed by atoms with Gasteiger partial charge in [-0.25, -0.2) is 0 Å². The van der Waals surface area contributed by atoms with Crippen LogP contribution in [0.3, 0.4) is 0 Å². The SMILES string of the molecule is CCN(C(=O)c1cnccc1NC)C1CCCCC1. The molecule has 0 bridgehead atoms. The smallest absolute Gasteiger partial charge is 0.257 e. The van der Waals surface area contributed by atoms with E-state index in [1.54, 1.807) is 12.4 Å². The summed E-state index contributed by atoms with van der Waals surface area (Å²) in [6, 6.07) is 2.25. The average molecular weight is 261 g/mol. The fourth-order valence-electron chi connectivity index (χ4n) is 2.90. The third-order valence-corrected chi connectivity index (χ3v) is 3.94. The molecule has 19 heavy (non-hydrogen) atoms. The van der Waals surface area contributed by atoms with Crippen LogP contribution in [-0.4, -0.2) is 35.4 Å². The Labute approximate surface area is 115 Å². The van der Waals surface area contributed by atoms with E-state index in [0.717, 1.165) is 25.1 Å². The Morgan fingerprint density at radius 1 is 1.42 bits per heavy atom. The van der Waals surface area contributed by atoms with Crippen molar-refractivity contribution in [1.82, 2.24) is 9.88 Å². The highest BCUT2D eigenvalue weighted by molar-refractivity contribution is 5.99. The molecule has 1 amide bonds. The number of rotatable bonds is 4.